The van der Waals surface area contributed by atoms with Crippen molar-refractivity contribution in [3.8, 4) is 11.3 Å². The molecule has 0 spiro atoms. The number of anilines is 1. The van der Waals surface area contributed by atoms with Gasteiger partial charge in [0, 0.05) is 20.4 Å². The fourth-order valence-corrected chi connectivity index (χ4v) is 3.53. The van der Waals surface area contributed by atoms with Crippen LogP contribution in [0.3, 0.4) is 0 Å². The van der Waals surface area contributed by atoms with Crippen molar-refractivity contribution in [2.45, 2.75) is 32.4 Å². The summed E-state index contributed by atoms with van der Waals surface area (Å²) in [6.45, 7) is 8.20. The first-order chi connectivity index (χ1) is 11.8. The summed E-state index contributed by atoms with van der Waals surface area (Å²) in [5, 5.41) is 1.27. The number of benzene rings is 1. The molecular formula is C18H23ClN4OSi. The van der Waals surface area contributed by atoms with Crippen molar-refractivity contribution < 1.29 is 4.74 Å². The number of halogens is 1. The number of rotatable bonds is 6. The van der Waals surface area contributed by atoms with Crippen molar-refractivity contribution in [1.29, 1.82) is 0 Å². The molecule has 0 amide bonds. The molecule has 7 heteroatoms. The first kappa shape index (κ1) is 17.9. The SMILES string of the molecule is C[Si](C)(C)CCOCn1c(-c2ccc(N)cc2)cc2c(Cl)ncnc21. The Morgan fingerprint density at radius 2 is 1.88 bits per heavy atom. The molecule has 1 aromatic carbocycles. The standard InChI is InChI=1S/C18H23ClN4OSi/c1-25(2,3)9-8-24-12-23-16(13-4-6-14(20)7-5-13)10-15-17(19)21-11-22-18(15)23/h4-7,10-11H,8-9,12,20H2,1-3H3. The second-order valence-electron chi connectivity index (χ2n) is 7.33. The van der Waals surface area contributed by atoms with Gasteiger partial charge in [0.15, 0.2) is 0 Å². The van der Waals surface area contributed by atoms with Crippen LogP contribution in [0.2, 0.25) is 30.8 Å². The maximum atomic E-state index is 6.26. The lowest BCUT2D eigenvalue weighted by molar-refractivity contribution is 0.0909. The number of fused-ring (bicyclic) bond motifs is 1. The minimum absolute atomic E-state index is 0.432. The van der Waals surface area contributed by atoms with Crippen LogP contribution in [0.5, 0.6) is 0 Å². The summed E-state index contributed by atoms with van der Waals surface area (Å²) in [5.41, 5.74) is 9.35. The summed E-state index contributed by atoms with van der Waals surface area (Å²) in [5.74, 6) is 0. The molecule has 2 N–H and O–H groups in total. The molecule has 0 aliphatic rings. The number of nitrogen functional groups attached to an aromatic ring is 1. The normalized spacial score (nSPS) is 12.0. The fraction of sp³-hybridized carbons (Fsp3) is 0.333. The Balaban J connectivity index is 1.95. The van der Waals surface area contributed by atoms with E-state index in [4.69, 9.17) is 22.1 Å². The third kappa shape index (κ3) is 4.20. The van der Waals surface area contributed by atoms with E-state index in [-0.39, 0.29) is 0 Å². The molecule has 0 aliphatic heterocycles. The summed E-state index contributed by atoms with van der Waals surface area (Å²) in [7, 11) is -1.12. The molecular weight excluding hydrogens is 352 g/mol. The molecule has 0 radical (unpaired) electrons. The Kier molecular flexibility index (Phi) is 5.13. The van der Waals surface area contributed by atoms with Crippen LogP contribution in [0.4, 0.5) is 5.69 Å². The van der Waals surface area contributed by atoms with Gasteiger partial charge in [0.25, 0.3) is 0 Å². The zero-order valence-corrected chi connectivity index (χ0v) is 16.5. The van der Waals surface area contributed by atoms with Gasteiger partial charge in [-0.15, -0.1) is 0 Å². The average Bonchev–Trinajstić information content (AvgIpc) is 2.92. The van der Waals surface area contributed by atoms with Gasteiger partial charge in [0.2, 0.25) is 0 Å². The molecule has 3 aromatic rings. The monoisotopic (exact) mass is 374 g/mol. The van der Waals surface area contributed by atoms with E-state index in [1.807, 2.05) is 34.9 Å². The molecule has 0 atom stereocenters. The van der Waals surface area contributed by atoms with Crippen LogP contribution in [0.15, 0.2) is 36.7 Å². The van der Waals surface area contributed by atoms with Gasteiger partial charge >= 0.3 is 0 Å². The smallest absolute Gasteiger partial charge is 0.147 e. The molecule has 0 saturated heterocycles. The van der Waals surface area contributed by atoms with Crippen LogP contribution < -0.4 is 5.73 Å². The predicted octanol–water partition coefficient (Wildman–Crippen LogP) is 4.65. The summed E-state index contributed by atoms with van der Waals surface area (Å²) in [6, 6.07) is 10.9. The van der Waals surface area contributed by atoms with Gasteiger partial charge < -0.3 is 15.0 Å². The summed E-state index contributed by atoms with van der Waals surface area (Å²) in [4.78, 5) is 8.49. The van der Waals surface area contributed by atoms with E-state index < -0.39 is 8.07 Å². The van der Waals surface area contributed by atoms with Gasteiger partial charge in [0.1, 0.15) is 23.9 Å². The van der Waals surface area contributed by atoms with Crippen molar-refractivity contribution in [1.82, 2.24) is 14.5 Å². The Hall–Kier alpha value is -1.89. The Labute approximate surface area is 153 Å². The van der Waals surface area contributed by atoms with E-state index in [1.165, 1.54) is 6.33 Å². The first-order valence-corrected chi connectivity index (χ1v) is 12.4. The highest BCUT2D eigenvalue weighted by atomic mass is 35.5. The predicted molar refractivity (Wildman–Crippen MR) is 106 cm³/mol. The van der Waals surface area contributed by atoms with Gasteiger partial charge in [-0.1, -0.05) is 43.4 Å². The molecule has 132 valence electrons. The molecule has 2 heterocycles. The van der Waals surface area contributed by atoms with E-state index in [2.05, 4.69) is 29.6 Å². The minimum atomic E-state index is -1.12. The Morgan fingerprint density at radius 1 is 1.16 bits per heavy atom. The Morgan fingerprint density at radius 3 is 2.56 bits per heavy atom. The molecule has 0 fully saturated rings. The molecule has 0 aliphatic carbocycles. The lowest BCUT2D eigenvalue weighted by atomic mass is 10.1. The first-order valence-electron chi connectivity index (χ1n) is 8.28. The van der Waals surface area contributed by atoms with E-state index >= 15 is 0 Å². The second-order valence-corrected chi connectivity index (χ2v) is 13.3. The summed E-state index contributed by atoms with van der Waals surface area (Å²) >= 11 is 6.26. The summed E-state index contributed by atoms with van der Waals surface area (Å²) in [6.07, 6.45) is 1.48. The second kappa shape index (κ2) is 7.15. The third-order valence-electron chi connectivity index (χ3n) is 4.07. The van der Waals surface area contributed by atoms with Crippen molar-refractivity contribution in [3.05, 3.63) is 41.8 Å². The number of nitrogens with zero attached hydrogens (tertiary/aromatic N) is 3. The van der Waals surface area contributed by atoms with E-state index in [1.54, 1.807) is 0 Å². The highest BCUT2D eigenvalue weighted by Crippen LogP contribution is 2.30. The zero-order chi connectivity index (χ0) is 18.0. The molecule has 3 rings (SSSR count). The highest BCUT2D eigenvalue weighted by molar-refractivity contribution is 6.76. The molecule has 25 heavy (non-hydrogen) atoms. The maximum absolute atomic E-state index is 6.26. The van der Waals surface area contributed by atoms with Crippen LogP contribution in [0.25, 0.3) is 22.3 Å². The van der Waals surface area contributed by atoms with Gasteiger partial charge in [-0.2, -0.15) is 0 Å². The van der Waals surface area contributed by atoms with Crippen LogP contribution in [0, 0.1) is 0 Å². The zero-order valence-electron chi connectivity index (χ0n) is 14.8. The van der Waals surface area contributed by atoms with E-state index in [9.17, 15) is 0 Å². The van der Waals surface area contributed by atoms with Crippen LogP contribution >= 0.6 is 11.6 Å². The van der Waals surface area contributed by atoms with Crippen molar-refractivity contribution in [3.63, 3.8) is 0 Å². The van der Waals surface area contributed by atoms with Crippen molar-refractivity contribution in [2.24, 2.45) is 0 Å². The van der Waals surface area contributed by atoms with Crippen LogP contribution in [-0.4, -0.2) is 29.2 Å². The molecule has 0 unspecified atom stereocenters. The number of hydrogen-bond donors (Lipinski definition) is 1. The fourth-order valence-electron chi connectivity index (χ4n) is 2.59. The maximum Gasteiger partial charge on any atom is 0.147 e. The van der Waals surface area contributed by atoms with Crippen molar-refractivity contribution >= 4 is 36.4 Å². The quantitative estimate of drug-likeness (QED) is 0.295. The van der Waals surface area contributed by atoms with Gasteiger partial charge in [-0.3, -0.25) is 0 Å². The van der Waals surface area contributed by atoms with Crippen molar-refractivity contribution in [2.75, 3.05) is 12.3 Å². The highest BCUT2D eigenvalue weighted by Gasteiger charge is 2.16. The van der Waals surface area contributed by atoms with E-state index in [0.717, 1.165) is 40.6 Å². The third-order valence-corrected chi connectivity index (χ3v) is 6.07. The molecule has 2 aromatic heterocycles. The van der Waals surface area contributed by atoms with Crippen LogP contribution in [-0.2, 0) is 11.5 Å². The van der Waals surface area contributed by atoms with E-state index in [0.29, 0.717) is 11.9 Å². The van der Waals surface area contributed by atoms with Gasteiger partial charge in [0.05, 0.1) is 11.1 Å². The van der Waals surface area contributed by atoms with Gasteiger partial charge in [-0.25, -0.2) is 9.97 Å². The topological polar surface area (TPSA) is 66.0 Å². The summed E-state index contributed by atoms with van der Waals surface area (Å²) < 4.78 is 8.00. The molecule has 5 nitrogen and oxygen atoms in total. The lowest BCUT2D eigenvalue weighted by Crippen LogP contribution is -2.22. The number of aromatic nitrogens is 3. The Bertz CT molecular complexity index is 871. The number of nitrogens with two attached hydrogens (primary N) is 1. The lowest BCUT2D eigenvalue weighted by Gasteiger charge is -2.16. The van der Waals surface area contributed by atoms with Gasteiger partial charge in [-0.05, 0) is 29.8 Å². The largest absolute Gasteiger partial charge is 0.399 e. The average molecular weight is 375 g/mol. The number of hydrogen-bond acceptors (Lipinski definition) is 4. The molecule has 0 saturated carbocycles. The molecule has 0 bridgehead atoms. The minimum Gasteiger partial charge on any atom is -0.399 e. The van der Waals surface area contributed by atoms with Crippen LogP contribution in [0.1, 0.15) is 0 Å². The number of ether oxygens (including phenoxy) is 1.